The second kappa shape index (κ2) is 7.50. The van der Waals surface area contributed by atoms with Crippen molar-refractivity contribution in [3.63, 3.8) is 0 Å². The zero-order chi connectivity index (χ0) is 19.7. The van der Waals surface area contributed by atoms with E-state index in [0.717, 1.165) is 12.8 Å². The Labute approximate surface area is 163 Å². The van der Waals surface area contributed by atoms with Gasteiger partial charge in [0.05, 0.1) is 5.92 Å². The molecule has 1 N–H and O–H groups in total. The molecular weight excluding hydrogens is 363 g/mol. The molecule has 2 amide bonds. The lowest BCUT2D eigenvalue weighted by Gasteiger charge is -2.36. The van der Waals surface area contributed by atoms with Gasteiger partial charge in [-0.1, -0.05) is 5.16 Å². The number of amides is 2. The molecular formula is C20H25FN4O3. The Bertz CT molecular complexity index is 830. The van der Waals surface area contributed by atoms with Gasteiger partial charge in [0.25, 0.3) is 0 Å². The van der Waals surface area contributed by atoms with E-state index in [1.807, 2.05) is 18.7 Å². The van der Waals surface area contributed by atoms with Crippen molar-refractivity contribution in [1.82, 2.24) is 20.4 Å². The highest BCUT2D eigenvalue weighted by molar-refractivity contribution is 5.75. The molecule has 2 aliphatic heterocycles. The van der Waals surface area contributed by atoms with Gasteiger partial charge < -0.3 is 19.5 Å². The van der Waals surface area contributed by atoms with E-state index in [0.29, 0.717) is 43.6 Å². The van der Waals surface area contributed by atoms with Crippen LogP contribution in [0.5, 0.6) is 0 Å². The van der Waals surface area contributed by atoms with Gasteiger partial charge in [-0.3, -0.25) is 0 Å². The predicted octanol–water partition coefficient (Wildman–Crippen LogP) is 3.19. The van der Waals surface area contributed by atoms with Crippen LogP contribution in [0, 0.1) is 11.2 Å². The van der Waals surface area contributed by atoms with Crippen LogP contribution < -0.4 is 5.32 Å². The number of halogens is 1. The molecule has 0 aliphatic carbocycles. The summed E-state index contributed by atoms with van der Waals surface area (Å²) in [5.41, 5.74) is 0.573. The highest BCUT2D eigenvalue weighted by Gasteiger charge is 2.51. The molecule has 0 saturated carbocycles. The summed E-state index contributed by atoms with van der Waals surface area (Å²) in [7, 11) is 0. The number of likely N-dealkylation sites (tertiary alicyclic amines) is 1. The van der Waals surface area contributed by atoms with E-state index in [1.54, 1.807) is 12.1 Å². The minimum atomic E-state index is -0.309. The zero-order valence-corrected chi connectivity index (χ0v) is 16.2. The van der Waals surface area contributed by atoms with E-state index < -0.39 is 0 Å². The molecule has 1 aromatic heterocycles. The molecule has 4 rings (SSSR count). The predicted molar refractivity (Wildman–Crippen MR) is 100 cm³/mol. The fraction of sp³-hybridized carbons (Fsp3) is 0.550. The van der Waals surface area contributed by atoms with Gasteiger partial charge in [0.1, 0.15) is 5.82 Å². The van der Waals surface area contributed by atoms with Gasteiger partial charge in [0.2, 0.25) is 11.7 Å². The average molecular weight is 388 g/mol. The minimum Gasteiger partial charge on any atom is -0.381 e. The molecule has 1 spiro atoms. The van der Waals surface area contributed by atoms with Gasteiger partial charge in [0, 0.05) is 43.3 Å². The molecule has 7 nitrogen and oxygen atoms in total. The topological polar surface area (TPSA) is 80.5 Å². The minimum absolute atomic E-state index is 0.0454. The number of nitrogens with one attached hydrogen (secondary N) is 1. The first-order chi connectivity index (χ1) is 13.5. The average Bonchev–Trinajstić information content (AvgIpc) is 3.28. The number of carbonyl (C=O) groups is 1. The van der Waals surface area contributed by atoms with Gasteiger partial charge in [-0.25, -0.2) is 9.18 Å². The first kappa shape index (κ1) is 18.9. The normalized spacial score (nSPS) is 21.4. The molecule has 150 valence electrons. The van der Waals surface area contributed by atoms with Crippen molar-refractivity contribution < 1.29 is 18.4 Å². The quantitative estimate of drug-likeness (QED) is 0.873. The summed E-state index contributed by atoms with van der Waals surface area (Å²) in [6.07, 6.45) is 1.69. The summed E-state index contributed by atoms with van der Waals surface area (Å²) in [6.45, 7) is 6.40. The maximum atomic E-state index is 13.2. The van der Waals surface area contributed by atoms with Gasteiger partial charge in [-0.05, 0) is 51.0 Å². The molecule has 1 aromatic carbocycles. The molecule has 2 saturated heterocycles. The third-order valence-corrected chi connectivity index (χ3v) is 5.68. The SMILES string of the molecule is CC(C)NC(=O)N1CC(c2nc(-c3ccc(F)cc3)no2)C2(CCOCC2)C1. The smallest absolute Gasteiger partial charge is 0.317 e. The first-order valence-electron chi connectivity index (χ1n) is 9.70. The van der Waals surface area contributed by atoms with Crippen molar-refractivity contribution in [3.8, 4) is 11.4 Å². The maximum absolute atomic E-state index is 13.2. The fourth-order valence-electron chi connectivity index (χ4n) is 4.18. The molecule has 28 heavy (non-hydrogen) atoms. The Balaban J connectivity index is 1.60. The maximum Gasteiger partial charge on any atom is 0.317 e. The Kier molecular flexibility index (Phi) is 5.05. The Morgan fingerprint density at radius 3 is 2.68 bits per heavy atom. The van der Waals surface area contributed by atoms with E-state index in [2.05, 4.69) is 15.5 Å². The summed E-state index contributed by atoms with van der Waals surface area (Å²) in [4.78, 5) is 19.0. The van der Waals surface area contributed by atoms with E-state index >= 15 is 0 Å². The Morgan fingerprint density at radius 2 is 2.00 bits per heavy atom. The number of benzene rings is 1. The molecule has 1 atom stereocenters. The number of urea groups is 1. The lowest BCUT2D eigenvalue weighted by molar-refractivity contribution is 0.00940. The molecule has 3 heterocycles. The van der Waals surface area contributed by atoms with Crippen molar-refractivity contribution in [1.29, 1.82) is 0 Å². The van der Waals surface area contributed by atoms with Crippen molar-refractivity contribution in [2.75, 3.05) is 26.3 Å². The van der Waals surface area contributed by atoms with Crippen molar-refractivity contribution >= 4 is 6.03 Å². The molecule has 0 bridgehead atoms. The molecule has 1 unspecified atom stereocenters. The largest absolute Gasteiger partial charge is 0.381 e. The summed E-state index contributed by atoms with van der Waals surface area (Å²) >= 11 is 0. The molecule has 2 fully saturated rings. The Morgan fingerprint density at radius 1 is 1.29 bits per heavy atom. The van der Waals surface area contributed by atoms with Crippen molar-refractivity contribution in [2.45, 2.75) is 38.6 Å². The number of hydrogen-bond donors (Lipinski definition) is 1. The van der Waals surface area contributed by atoms with E-state index in [1.165, 1.54) is 12.1 Å². The third-order valence-electron chi connectivity index (χ3n) is 5.68. The summed E-state index contributed by atoms with van der Waals surface area (Å²) in [5.74, 6) is 0.607. The standard InChI is InChI=1S/C20H25FN4O3/c1-13(2)22-19(26)25-11-16(20(12-25)7-9-27-10-8-20)18-23-17(24-28-18)14-3-5-15(21)6-4-14/h3-6,13,16H,7-12H2,1-2H3,(H,22,26). The fourth-order valence-corrected chi connectivity index (χ4v) is 4.18. The molecule has 8 heteroatoms. The number of hydrogen-bond acceptors (Lipinski definition) is 5. The van der Waals surface area contributed by atoms with Crippen LogP contribution in [0.3, 0.4) is 0 Å². The van der Waals surface area contributed by atoms with Crippen LogP contribution in [0.15, 0.2) is 28.8 Å². The van der Waals surface area contributed by atoms with Gasteiger partial charge >= 0.3 is 6.03 Å². The van der Waals surface area contributed by atoms with Crippen LogP contribution >= 0.6 is 0 Å². The van der Waals surface area contributed by atoms with Crippen LogP contribution in [0.25, 0.3) is 11.4 Å². The number of carbonyl (C=O) groups excluding carboxylic acids is 1. The van der Waals surface area contributed by atoms with E-state index in [-0.39, 0.29) is 29.2 Å². The van der Waals surface area contributed by atoms with Crippen molar-refractivity contribution in [2.24, 2.45) is 5.41 Å². The molecule has 2 aliphatic rings. The van der Waals surface area contributed by atoms with Crippen LogP contribution in [0.1, 0.15) is 38.5 Å². The third kappa shape index (κ3) is 3.61. The lowest BCUT2D eigenvalue weighted by Crippen LogP contribution is -2.43. The van der Waals surface area contributed by atoms with E-state index in [4.69, 9.17) is 9.26 Å². The number of ether oxygens (including phenoxy) is 1. The highest BCUT2D eigenvalue weighted by Crippen LogP contribution is 2.49. The van der Waals surface area contributed by atoms with E-state index in [9.17, 15) is 9.18 Å². The zero-order valence-electron chi connectivity index (χ0n) is 16.2. The summed E-state index contributed by atoms with van der Waals surface area (Å²) in [6, 6.07) is 6.01. The molecule has 2 aromatic rings. The molecule has 0 radical (unpaired) electrons. The monoisotopic (exact) mass is 388 g/mol. The highest BCUT2D eigenvalue weighted by atomic mass is 19.1. The number of rotatable bonds is 3. The van der Waals surface area contributed by atoms with Crippen molar-refractivity contribution in [3.05, 3.63) is 36.0 Å². The van der Waals surface area contributed by atoms with Crippen LogP contribution in [0.4, 0.5) is 9.18 Å². The number of aromatic nitrogens is 2. The van der Waals surface area contributed by atoms with Gasteiger partial charge in [-0.2, -0.15) is 4.98 Å². The Hall–Kier alpha value is -2.48. The first-order valence-corrected chi connectivity index (χ1v) is 9.70. The van der Waals surface area contributed by atoms with Crippen LogP contribution in [-0.2, 0) is 4.74 Å². The lowest BCUT2D eigenvalue weighted by atomic mass is 9.72. The summed E-state index contributed by atoms with van der Waals surface area (Å²) < 4.78 is 24.4. The second-order valence-corrected chi connectivity index (χ2v) is 7.98. The van der Waals surface area contributed by atoms with Gasteiger partial charge in [-0.15, -0.1) is 0 Å². The summed E-state index contributed by atoms with van der Waals surface area (Å²) in [5, 5.41) is 7.07. The number of nitrogens with zero attached hydrogens (tertiary/aromatic N) is 3. The second-order valence-electron chi connectivity index (χ2n) is 7.98. The van der Waals surface area contributed by atoms with Crippen LogP contribution in [0.2, 0.25) is 0 Å². The van der Waals surface area contributed by atoms with Gasteiger partial charge in [0.15, 0.2) is 0 Å². The van der Waals surface area contributed by atoms with Crippen LogP contribution in [-0.4, -0.2) is 53.4 Å².